The molecule has 4 aromatic rings. The minimum atomic E-state index is 0.647. The molecule has 0 aliphatic rings. The first-order chi connectivity index (χ1) is 16.7. The summed E-state index contributed by atoms with van der Waals surface area (Å²) in [4.78, 5) is 3.41. The molecule has 0 unspecified atom stereocenters. The zero-order chi connectivity index (χ0) is 23.6. The van der Waals surface area contributed by atoms with Gasteiger partial charge in [-0.15, -0.1) is 0 Å². The third kappa shape index (κ3) is 6.21. The SMILES string of the molecule is [C-]#[N+]c1ccc(/C=C/c2ccc(C#Cc3ccc(/C=C/c4ccc(C#N)cc4)cc3)cc2)cc1. The molecule has 0 spiro atoms. The standard InChI is InChI=1S/C32H20N2/c1-34-32-22-20-30(21-23-32)15-14-28-10-8-26(9-11-28)3-2-25-4-6-27(7-5-25)12-13-29-16-18-31(24-33)19-17-29/h4-23H/b13-12+,15-14+. The molecular formula is C32H20N2. The molecule has 0 heterocycles. The summed E-state index contributed by atoms with van der Waals surface area (Å²) in [6.07, 6.45) is 8.16. The van der Waals surface area contributed by atoms with Crippen LogP contribution in [0.2, 0.25) is 0 Å². The van der Waals surface area contributed by atoms with Gasteiger partial charge in [0.1, 0.15) is 0 Å². The normalized spacial score (nSPS) is 10.4. The summed E-state index contributed by atoms with van der Waals surface area (Å²) in [5.41, 5.74) is 7.54. The Morgan fingerprint density at radius 3 is 1.15 bits per heavy atom. The van der Waals surface area contributed by atoms with Gasteiger partial charge >= 0.3 is 0 Å². The number of benzene rings is 4. The van der Waals surface area contributed by atoms with Crippen LogP contribution in [0.1, 0.15) is 38.9 Å². The summed E-state index contributed by atoms with van der Waals surface area (Å²) < 4.78 is 0. The van der Waals surface area contributed by atoms with Crippen LogP contribution in [0.25, 0.3) is 29.1 Å². The molecule has 0 aliphatic carbocycles. The summed E-state index contributed by atoms with van der Waals surface area (Å²) >= 11 is 0. The molecule has 0 atom stereocenters. The fourth-order valence-corrected chi connectivity index (χ4v) is 3.21. The van der Waals surface area contributed by atoms with E-state index in [9.17, 15) is 0 Å². The van der Waals surface area contributed by atoms with Gasteiger partial charge in [0.25, 0.3) is 0 Å². The largest absolute Gasteiger partial charge is 0.238 e. The van der Waals surface area contributed by atoms with E-state index in [2.05, 4.69) is 22.8 Å². The van der Waals surface area contributed by atoms with E-state index >= 15 is 0 Å². The van der Waals surface area contributed by atoms with Crippen molar-refractivity contribution in [1.82, 2.24) is 0 Å². The highest BCUT2D eigenvalue weighted by Crippen LogP contribution is 2.15. The fourth-order valence-electron chi connectivity index (χ4n) is 3.21. The van der Waals surface area contributed by atoms with Crippen molar-refractivity contribution in [2.24, 2.45) is 0 Å². The van der Waals surface area contributed by atoms with Crippen molar-refractivity contribution in [2.45, 2.75) is 0 Å². The molecule has 0 amide bonds. The molecule has 2 heteroatoms. The number of hydrogen-bond donors (Lipinski definition) is 0. The summed E-state index contributed by atoms with van der Waals surface area (Å²) in [5.74, 6) is 6.43. The van der Waals surface area contributed by atoms with E-state index in [1.165, 1.54) is 0 Å². The minimum Gasteiger partial charge on any atom is -0.238 e. The zero-order valence-electron chi connectivity index (χ0n) is 18.4. The third-order valence-corrected chi connectivity index (χ3v) is 5.17. The van der Waals surface area contributed by atoms with Gasteiger partial charge in [0.2, 0.25) is 0 Å². The first kappa shape index (κ1) is 22.1. The van der Waals surface area contributed by atoms with Gasteiger partial charge in [-0.2, -0.15) is 5.26 Å². The Labute approximate surface area is 200 Å². The lowest BCUT2D eigenvalue weighted by atomic mass is 10.1. The number of nitriles is 1. The quantitative estimate of drug-likeness (QED) is 0.183. The van der Waals surface area contributed by atoms with Crippen LogP contribution in [0, 0.1) is 29.7 Å². The highest BCUT2D eigenvalue weighted by molar-refractivity contribution is 5.71. The van der Waals surface area contributed by atoms with Gasteiger partial charge in [-0.25, -0.2) is 4.85 Å². The van der Waals surface area contributed by atoms with Gasteiger partial charge < -0.3 is 0 Å². The maximum atomic E-state index is 8.88. The number of rotatable bonds is 4. The van der Waals surface area contributed by atoms with Crippen molar-refractivity contribution in [3.63, 3.8) is 0 Å². The summed E-state index contributed by atoms with van der Waals surface area (Å²) in [7, 11) is 0. The molecule has 2 nitrogen and oxygen atoms in total. The van der Waals surface area contributed by atoms with Crippen molar-refractivity contribution >= 4 is 30.0 Å². The van der Waals surface area contributed by atoms with Crippen molar-refractivity contribution in [3.8, 4) is 17.9 Å². The van der Waals surface area contributed by atoms with Crippen LogP contribution in [0.3, 0.4) is 0 Å². The van der Waals surface area contributed by atoms with Crippen molar-refractivity contribution < 1.29 is 0 Å². The number of nitrogens with zero attached hydrogens (tertiary/aromatic N) is 2. The van der Waals surface area contributed by atoms with E-state index in [0.717, 1.165) is 33.4 Å². The van der Waals surface area contributed by atoms with E-state index in [1.807, 2.05) is 121 Å². The molecule has 0 N–H and O–H groups in total. The Bertz CT molecular complexity index is 1350. The maximum absolute atomic E-state index is 8.88. The van der Waals surface area contributed by atoms with E-state index in [4.69, 9.17) is 11.8 Å². The second-order valence-electron chi connectivity index (χ2n) is 7.60. The van der Waals surface area contributed by atoms with Gasteiger partial charge in [-0.05, 0) is 58.7 Å². The van der Waals surface area contributed by atoms with Crippen LogP contribution in [0.15, 0.2) is 97.1 Å². The Hall–Kier alpha value is -5.10. The smallest absolute Gasteiger partial charge is 0.187 e. The highest BCUT2D eigenvalue weighted by Gasteiger charge is 1.94. The lowest BCUT2D eigenvalue weighted by molar-refractivity contribution is 1.48. The highest BCUT2D eigenvalue weighted by atomic mass is 14.6. The minimum absolute atomic E-state index is 0.647. The van der Waals surface area contributed by atoms with Crippen LogP contribution < -0.4 is 0 Å². The van der Waals surface area contributed by atoms with Gasteiger partial charge in [-0.3, -0.25) is 0 Å². The summed E-state index contributed by atoms with van der Waals surface area (Å²) in [5, 5.41) is 8.88. The van der Waals surface area contributed by atoms with Crippen LogP contribution >= 0.6 is 0 Å². The molecule has 0 saturated heterocycles. The van der Waals surface area contributed by atoms with Crippen LogP contribution in [-0.2, 0) is 0 Å². The summed E-state index contributed by atoms with van der Waals surface area (Å²) in [6.45, 7) is 7.01. The summed E-state index contributed by atoms with van der Waals surface area (Å²) in [6, 6.07) is 33.4. The van der Waals surface area contributed by atoms with E-state index in [-0.39, 0.29) is 0 Å². The second-order valence-corrected chi connectivity index (χ2v) is 7.60. The van der Waals surface area contributed by atoms with Gasteiger partial charge in [-0.1, -0.05) is 96.8 Å². The molecule has 34 heavy (non-hydrogen) atoms. The van der Waals surface area contributed by atoms with Crippen LogP contribution in [0.4, 0.5) is 5.69 Å². The third-order valence-electron chi connectivity index (χ3n) is 5.17. The lowest BCUT2D eigenvalue weighted by Crippen LogP contribution is -1.79. The topological polar surface area (TPSA) is 28.1 Å². The molecule has 0 radical (unpaired) electrons. The van der Waals surface area contributed by atoms with Crippen molar-refractivity contribution in [1.29, 1.82) is 5.26 Å². The first-order valence-electron chi connectivity index (χ1n) is 10.8. The molecule has 0 fully saturated rings. The molecule has 0 saturated carbocycles. The van der Waals surface area contributed by atoms with Crippen molar-refractivity contribution in [2.75, 3.05) is 0 Å². The van der Waals surface area contributed by atoms with Crippen LogP contribution in [-0.4, -0.2) is 0 Å². The zero-order valence-corrected chi connectivity index (χ0v) is 18.4. The van der Waals surface area contributed by atoms with E-state index in [0.29, 0.717) is 11.3 Å². The Morgan fingerprint density at radius 2 is 0.824 bits per heavy atom. The Balaban J connectivity index is 1.36. The van der Waals surface area contributed by atoms with E-state index < -0.39 is 0 Å². The Kier molecular flexibility index (Phi) is 7.13. The molecule has 0 bridgehead atoms. The molecule has 158 valence electrons. The predicted molar refractivity (Wildman–Crippen MR) is 141 cm³/mol. The molecule has 4 rings (SSSR count). The van der Waals surface area contributed by atoms with Gasteiger partial charge in [0.05, 0.1) is 18.2 Å². The van der Waals surface area contributed by atoms with E-state index in [1.54, 1.807) is 0 Å². The molecular weight excluding hydrogens is 412 g/mol. The second kappa shape index (κ2) is 11.0. The van der Waals surface area contributed by atoms with Crippen molar-refractivity contribution in [3.05, 3.63) is 147 Å². The molecule has 4 aromatic carbocycles. The van der Waals surface area contributed by atoms with Gasteiger partial charge in [0, 0.05) is 11.1 Å². The monoisotopic (exact) mass is 432 g/mol. The first-order valence-corrected chi connectivity index (χ1v) is 10.8. The average molecular weight is 433 g/mol. The fraction of sp³-hybridized carbons (Fsp3) is 0. The molecule has 0 aliphatic heterocycles. The average Bonchev–Trinajstić information content (AvgIpc) is 2.91. The number of hydrogen-bond acceptors (Lipinski definition) is 1. The lowest BCUT2D eigenvalue weighted by Gasteiger charge is -1.97. The Morgan fingerprint density at radius 1 is 0.500 bits per heavy atom. The molecule has 0 aromatic heterocycles. The predicted octanol–water partition coefficient (Wildman–Crippen LogP) is 7.85. The van der Waals surface area contributed by atoms with Crippen LogP contribution in [0.5, 0.6) is 0 Å². The maximum Gasteiger partial charge on any atom is 0.187 e. The van der Waals surface area contributed by atoms with Gasteiger partial charge in [0.15, 0.2) is 5.69 Å².